The van der Waals surface area contributed by atoms with Crippen molar-refractivity contribution >= 4 is 0 Å². The molecule has 11 heavy (non-hydrogen) atoms. The van der Waals surface area contributed by atoms with Gasteiger partial charge in [-0.15, -0.1) is 4.91 Å². The molecule has 1 N–H and O–H groups in total. The van der Waals surface area contributed by atoms with Crippen molar-refractivity contribution < 1.29 is 5.11 Å². The van der Waals surface area contributed by atoms with E-state index in [1.54, 1.807) is 14.0 Å². The number of hydrogen-bond acceptors (Lipinski definition) is 3. The molecule has 0 aliphatic heterocycles. The van der Waals surface area contributed by atoms with Gasteiger partial charge in [0.05, 0.1) is 16.9 Å². The fraction of sp³-hybridized carbons (Fsp3) is 1.00. The average Bonchev–Trinajstić information content (AvgIpc) is 1.83. The van der Waals surface area contributed by atoms with Gasteiger partial charge >= 0.3 is 0 Å². The van der Waals surface area contributed by atoms with Crippen LogP contribution in [0.1, 0.15) is 27.2 Å². The van der Waals surface area contributed by atoms with Gasteiger partial charge in [-0.1, -0.05) is 0 Å². The van der Waals surface area contributed by atoms with Gasteiger partial charge in [0, 0.05) is 7.05 Å². The van der Waals surface area contributed by atoms with Crippen LogP contribution in [-0.4, -0.2) is 28.8 Å². The van der Waals surface area contributed by atoms with Gasteiger partial charge in [0.25, 0.3) is 0 Å². The van der Waals surface area contributed by atoms with Gasteiger partial charge in [-0.2, -0.15) is 0 Å². The molecular formula is C7H16N2O2. The third-order valence-corrected chi connectivity index (χ3v) is 1.79. The van der Waals surface area contributed by atoms with E-state index in [-0.39, 0.29) is 5.54 Å². The maximum Gasteiger partial charge on any atom is 0.0576 e. The summed E-state index contributed by atoms with van der Waals surface area (Å²) in [5, 5.41) is 13.2. The number of aliphatic hydroxyl groups is 1. The molecule has 4 heteroatoms. The van der Waals surface area contributed by atoms with Crippen LogP contribution >= 0.6 is 0 Å². The van der Waals surface area contributed by atoms with Crippen molar-refractivity contribution in [2.45, 2.75) is 38.8 Å². The van der Waals surface area contributed by atoms with Gasteiger partial charge < -0.3 is 5.11 Å². The molecule has 4 nitrogen and oxygen atoms in total. The maximum absolute atomic E-state index is 10.1. The van der Waals surface area contributed by atoms with E-state index in [1.165, 1.54) is 5.01 Å². The standard InChI is InChI=1S/C7H16N2O2/c1-6(10)5-7(2,3)9(4)8-11/h6,10H,5H2,1-4H3. The molecule has 0 fully saturated rings. The van der Waals surface area contributed by atoms with Crippen LogP contribution in [0, 0.1) is 4.91 Å². The second-order valence-electron chi connectivity index (χ2n) is 3.47. The molecule has 0 aromatic carbocycles. The van der Waals surface area contributed by atoms with Gasteiger partial charge in [0.2, 0.25) is 0 Å². The maximum atomic E-state index is 10.1. The lowest BCUT2D eigenvalue weighted by molar-refractivity contribution is 0.0784. The largest absolute Gasteiger partial charge is 0.393 e. The Balaban J connectivity index is 4.08. The van der Waals surface area contributed by atoms with Crippen LogP contribution in [0.25, 0.3) is 0 Å². The van der Waals surface area contributed by atoms with Gasteiger partial charge in [-0.05, 0) is 27.2 Å². The fourth-order valence-corrected chi connectivity index (χ4v) is 0.966. The second-order valence-corrected chi connectivity index (χ2v) is 3.47. The molecule has 0 amide bonds. The molecule has 0 bridgehead atoms. The van der Waals surface area contributed by atoms with Crippen molar-refractivity contribution in [2.75, 3.05) is 7.05 Å². The monoisotopic (exact) mass is 160 g/mol. The highest BCUT2D eigenvalue weighted by Gasteiger charge is 2.25. The van der Waals surface area contributed by atoms with E-state index in [0.29, 0.717) is 6.42 Å². The highest BCUT2D eigenvalue weighted by atomic mass is 16.3. The van der Waals surface area contributed by atoms with Crippen molar-refractivity contribution in [2.24, 2.45) is 5.29 Å². The molecule has 0 aromatic heterocycles. The van der Waals surface area contributed by atoms with Crippen LogP contribution < -0.4 is 0 Å². The Kier molecular flexibility index (Phi) is 3.45. The van der Waals surface area contributed by atoms with Crippen LogP contribution in [0.5, 0.6) is 0 Å². The Hall–Kier alpha value is -0.640. The van der Waals surface area contributed by atoms with Crippen LogP contribution in [0.3, 0.4) is 0 Å². The van der Waals surface area contributed by atoms with E-state index in [4.69, 9.17) is 5.11 Å². The van der Waals surface area contributed by atoms with E-state index < -0.39 is 6.10 Å². The summed E-state index contributed by atoms with van der Waals surface area (Å²) < 4.78 is 0. The Morgan fingerprint density at radius 1 is 1.64 bits per heavy atom. The zero-order chi connectivity index (χ0) is 9.07. The molecule has 0 heterocycles. The number of aliphatic hydroxyl groups excluding tert-OH is 1. The normalized spacial score (nSPS) is 14.3. The first-order valence-electron chi connectivity index (χ1n) is 3.65. The van der Waals surface area contributed by atoms with E-state index >= 15 is 0 Å². The minimum absolute atomic E-state index is 0.365. The number of nitrogens with zero attached hydrogens (tertiary/aromatic N) is 2. The zero-order valence-corrected chi connectivity index (χ0v) is 7.53. The average molecular weight is 160 g/mol. The summed E-state index contributed by atoms with van der Waals surface area (Å²) in [5.41, 5.74) is -0.365. The fourth-order valence-electron chi connectivity index (χ4n) is 0.966. The summed E-state index contributed by atoms with van der Waals surface area (Å²) in [6.07, 6.45) is 0.129. The predicted octanol–water partition coefficient (Wildman–Crippen LogP) is 1.15. The van der Waals surface area contributed by atoms with Gasteiger partial charge in [0.15, 0.2) is 0 Å². The lowest BCUT2D eigenvalue weighted by Crippen LogP contribution is -2.39. The van der Waals surface area contributed by atoms with E-state index in [9.17, 15) is 4.91 Å². The molecule has 0 saturated heterocycles. The third kappa shape index (κ3) is 3.32. The van der Waals surface area contributed by atoms with Crippen LogP contribution in [-0.2, 0) is 0 Å². The molecule has 1 atom stereocenters. The Labute approximate surface area is 67.1 Å². The molecule has 0 aromatic rings. The molecule has 0 radical (unpaired) electrons. The van der Waals surface area contributed by atoms with Crippen molar-refractivity contribution in [3.8, 4) is 0 Å². The SMILES string of the molecule is CC(O)CC(C)(C)N(C)N=O. The summed E-state index contributed by atoms with van der Waals surface area (Å²) in [4.78, 5) is 10.1. The Morgan fingerprint density at radius 2 is 2.09 bits per heavy atom. The second kappa shape index (κ2) is 3.67. The highest BCUT2D eigenvalue weighted by molar-refractivity contribution is 4.78. The van der Waals surface area contributed by atoms with Gasteiger partial charge in [-0.25, -0.2) is 0 Å². The smallest absolute Gasteiger partial charge is 0.0576 e. The summed E-state index contributed by atoms with van der Waals surface area (Å²) in [6, 6.07) is 0. The minimum atomic E-state index is -0.408. The number of nitroso groups, excluding NO2 is 1. The predicted molar refractivity (Wildman–Crippen MR) is 43.9 cm³/mol. The summed E-state index contributed by atoms with van der Waals surface area (Å²) in [7, 11) is 1.61. The highest BCUT2D eigenvalue weighted by Crippen LogP contribution is 2.18. The summed E-state index contributed by atoms with van der Waals surface area (Å²) in [5.74, 6) is 0. The summed E-state index contributed by atoms with van der Waals surface area (Å²) in [6.45, 7) is 5.42. The van der Waals surface area contributed by atoms with E-state index in [1.807, 2.05) is 13.8 Å². The van der Waals surface area contributed by atoms with Crippen LogP contribution in [0.15, 0.2) is 5.29 Å². The number of rotatable bonds is 4. The van der Waals surface area contributed by atoms with Crippen molar-refractivity contribution in [1.82, 2.24) is 5.01 Å². The summed E-state index contributed by atoms with van der Waals surface area (Å²) >= 11 is 0. The first-order chi connectivity index (χ1) is 4.90. The molecule has 0 rings (SSSR count). The van der Waals surface area contributed by atoms with Crippen LogP contribution in [0.2, 0.25) is 0 Å². The van der Waals surface area contributed by atoms with E-state index in [2.05, 4.69) is 5.29 Å². The molecular weight excluding hydrogens is 144 g/mol. The quantitative estimate of drug-likeness (QED) is 0.495. The van der Waals surface area contributed by atoms with Crippen molar-refractivity contribution in [3.63, 3.8) is 0 Å². The lowest BCUT2D eigenvalue weighted by Gasteiger charge is -2.31. The number of hydrogen-bond donors (Lipinski definition) is 1. The molecule has 0 aliphatic carbocycles. The first kappa shape index (κ1) is 10.4. The molecule has 66 valence electrons. The lowest BCUT2D eigenvalue weighted by atomic mass is 9.97. The van der Waals surface area contributed by atoms with Gasteiger partial charge in [-0.3, -0.25) is 5.01 Å². The Morgan fingerprint density at radius 3 is 2.36 bits per heavy atom. The van der Waals surface area contributed by atoms with Gasteiger partial charge in [0.1, 0.15) is 0 Å². The first-order valence-corrected chi connectivity index (χ1v) is 3.65. The third-order valence-electron chi connectivity index (χ3n) is 1.79. The van der Waals surface area contributed by atoms with Crippen molar-refractivity contribution in [1.29, 1.82) is 0 Å². The van der Waals surface area contributed by atoms with Crippen LogP contribution in [0.4, 0.5) is 0 Å². The molecule has 0 spiro atoms. The van der Waals surface area contributed by atoms with Crippen molar-refractivity contribution in [3.05, 3.63) is 4.91 Å². The molecule has 0 saturated carbocycles. The van der Waals surface area contributed by atoms with E-state index in [0.717, 1.165) is 0 Å². The molecule has 0 aliphatic rings. The Bertz CT molecular complexity index is 134. The topological polar surface area (TPSA) is 52.9 Å². The minimum Gasteiger partial charge on any atom is -0.393 e. The molecule has 1 unspecified atom stereocenters. The zero-order valence-electron chi connectivity index (χ0n) is 7.53.